The van der Waals surface area contributed by atoms with E-state index in [1.165, 1.54) is 0 Å². The minimum absolute atomic E-state index is 0.464. The van der Waals surface area contributed by atoms with Crippen LogP contribution in [0.4, 0.5) is 16.3 Å². The maximum Gasteiger partial charge on any atom is 0.413 e. The summed E-state index contributed by atoms with van der Waals surface area (Å²) in [6.07, 6.45) is 3.01. The molecule has 0 unspecified atom stereocenters. The second-order valence-corrected chi connectivity index (χ2v) is 6.17. The Hall–Kier alpha value is -2.63. The molecule has 2 aromatic rings. The number of aromatic nitrogens is 2. The van der Waals surface area contributed by atoms with E-state index in [4.69, 9.17) is 4.74 Å². The molecule has 0 aliphatic heterocycles. The molecule has 0 bridgehead atoms. The van der Waals surface area contributed by atoms with Crippen LogP contribution in [0.2, 0.25) is 0 Å². The lowest BCUT2D eigenvalue weighted by Crippen LogP contribution is -2.27. The number of hydrogen-bond acceptors (Lipinski definition) is 5. The molecule has 2 aromatic heterocycles. The summed E-state index contributed by atoms with van der Waals surface area (Å²) >= 11 is 0. The first-order valence-corrected chi connectivity index (χ1v) is 7.44. The minimum atomic E-state index is -0.537. The van der Waals surface area contributed by atoms with Crippen LogP contribution < -0.4 is 10.6 Å². The molecular weight excluding hydrogens is 292 g/mol. The first kappa shape index (κ1) is 16.7. The zero-order valence-electron chi connectivity index (χ0n) is 13.9. The van der Waals surface area contributed by atoms with Crippen LogP contribution in [-0.2, 0) is 11.3 Å². The molecule has 6 heteroatoms. The van der Waals surface area contributed by atoms with Gasteiger partial charge in [-0.25, -0.2) is 9.78 Å². The van der Waals surface area contributed by atoms with Gasteiger partial charge in [0.05, 0.1) is 11.4 Å². The first-order chi connectivity index (χ1) is 10.8. The third-order valence-corrected chi connectivity index (χ3v) is 2.95. The number of nitrogens with zero attached hydrogens (tertiary/aromatic N) is 2. The lowest BCUT2D eigenvalue weighted by Gasteiger charge is -2.19. The predicted molar refractivity (Wildman–Crippen MR) is 90.4 cm³/mol. The molecule has 2 rings (SSSR count). The maximum absolute atomic E-state index is 11.7. The summed E-state index contributed by atoms with van der Waals surface area (Å²) in [6.45, 7) is 8.02. The van der Waals surface area contributed by atoms with Gasteiger partial charge in [-0.3, -0.25) is 10.3 Å². The van der Waals surface area contributed by atoms with Gasteiger partial charge in [0.25, 0.3) is 0 Å². The Labute approximate surface area is 136 Å². The molecule has 1 amide bonds. The number of carbonyl (C=O) groups excluding carboxylic acids is 1. The highest BCUT2D eigenvalue weighted by molar-refractivity contribution is 5.83. The van der Waals surface area contributed by atoms with Crippen LogP contribution >= 0.6 is 0 Å². The molecule has 0 radical (unpaired) electrons. The molecule has 0 atom stereocenters. The highest BCUT2D eigenvalue weighted by Gasteiger charge is 2.16. The molecular formula is C17H22N4O2. The average molecular weight is 314 g/mol. The van der Waals surface area contributed by atoms with E-state index in [2.05, 4.69) is 20.6 Å². The Morgan fingerprint density at radius 3 is 2.48 bits per heavy atom. The van der Waals surface area contributed by atoms with E-state index in [1.54, 1.807) is 18.5 Å². The molecule has 0 saturated heterocycles. The van der Waals surface area contributed by atoms with Crippen molar-refractivity contribution in [1.29, 1.82) is 0 Å². The third-order valence-electron chi connectivity index (χ3n) is 2.95. The van der Waals surface area contributed by atoms with Gasteiger partial charge in [0.15, 0.2) is 0 Å². The number of carbonyl (C=O) groups is 1. The summed E-state index contributed by atoms with van der Waals surface area (Å²) in [5.41, 5.74) is 2.31. The third kappa shape index (κ3) is 5.58. The summed E-state index contributed by atoms with van der Waals surface area (Å²) < 4.78 is 5.21. The number of ether oxygens (including phenoxy) is 1. The number of hydrogen-bond donors (Lipinski definition) is 2. The topological polar surface area (TPSA) is 76.1 Å². The predicted octanol–water partition coefficient (Wildman–Crippen LogP) is 3.74. The minimum Gasteiger partial charge on any atom is -0.444 e. The number of anilines is 2. The summed E-state index contributed by atoms with van der Waals surface area (Å²) in [6, 6.07) is 7.53. The van der Waals surface area contributed by atoms with E-state index in [-0.39, 0.29) is 0 Å². The van der Waals surface area contributed by atoms with Crippen molar-refractivity contribution in [2.24, 2.45) is 0 Å². The SMILES string of the molecule is Cc1nc(NC(=O)OC(C)(C)C)ccc1NCc1ccncc1. The van der Waals surface area contributed by atoms with Crippen molar-refractivity contribution in [3.63, 3.8) is 0 Å². The van der Waals surface area contributed by atoms with Crippen LogP contribution in [0.3, 0.4) is 0 Å². The van der Waals surface area contributed by atoms with Crippen LogP contribution in [0.25, 0.3) is 0 Å². The zero-order chi connectivity index (χ0) is 16.9. The largest absolute Gasteiger partial charge is 0.444 e. The van der Waals surface area contributed by atoms with Gasteiger partial charge >= 0.3 is 6.09 Å². The van der Waals surface area contributed by atoms with E-state index in [9.17, 15) is 4.79 Å². The van der Waals surface area contributed by atoms with Crippen molar-refractivity contribution >= 4 is 17.6 Å². The van der Waals surface area contributed by atoms with Crippen LogP contribution in [0.5, 0.6) is 0 Å². The van der Waals surface area contributed by atoms with Gasteiger partial charge in [0, 0.05) is 18.9 Å². The fourth-order valence-corrected chi connectivity index (χ4v) is 1.92. The molecule has 0 fully saturated rings. The van der Waals surface area contributed by atoms with Crippen molar-refractivity contribution in [2.45, 2.75) is 39.8 Å². The van der Waals surface area contributed by atoms with Crippen molar-refractivity contribution in [1.82, 2.24) is 9.97 Å². The van der Waals surface area contributed by atoms with Gasteiger partial charge in [-0.15, -0.1) is 0 Å². The van der Waals surface area contributed by atoms with Gasteiger partial charge in [-0.05, 0) is 57.5 Å². The normalized spacial score (nSPS) is 11.0. The molecule has 0 saturated carbocycles. The van der Waals surface area contributed by atoms with Crippen LogP contribution in [0.1, 0.15) is 32.0 Å². The Bertz CT molecular complexity index is 666. The molecule has 0 aromatic carbocycles. The molecule has 0 spiro atoms. The zero-order valence-corrected chi connectivity index (χ0v) is 13.9. The summed E-state index contributed by atoms with van der Waals surface area (Å²) in [5.74, 6) is 0.464. The Morgan fingerprint density at radius 2 is 1.87 bits per heavy atom. The van der Waals surface area contributed by atoms with E-state index < -0.39 is 11.7 Å². The van der Waals surface area contributed by atoms with E-state index >= 15 is 0 Å². The van der Waals surface area contributed by atoms with Crippen molar-refractivity contribution < 1.29 is 9.53 Å². The smallest absolute Gasteiger partial charge is 0.413 e. The quantitative estimate of drug-likeness (QED) is 0.899. The molecule has 6 nitrogen and oxygen atoms in total. The summed E-state index contributed by atoms with van der Waals surface area (Å²) in [4.78, 5) is 20.1. The van der Waals surface area contributed by atoms with E-state index in [0.29, 0.717) is 12.4 Å². The van der Waals surface area contributed by atoms with Gasteiger partial charge < -0.3 is 10.1 Å². The fraction of sp³-hybridized carbons (Fsp3) is 0.353. The number of pyridine rings is 2. The Kier molecular flexibility index (Phi) is 5.16. The van der Waals surface area contributed by atoms with Crippen LogP contribution in [-0.4, -0.2) is 21.7 Å². The highest BCUT2D eigenvalue weighted by Crippen LogP contribution is 2.17. The lowest BCUT2D eigenvalue weighted by atomic mass is 10.2. The Morgan fingerprint density at radius 1 is 1.17 bits per heavy atom. The molecule has 0 aliphatic carbocycles. The lowest BCUT2D eigenvalue weighted by molar-refractivity contribution is 0.0635. The second-order valence-electron chi connectivity index (χ2n) is 6.17. The number of amides is 1. The average Bonchev–Trinajstić information content (AvgIpc) is 2.45. The maximum atomic E-state index is 11.7. The number of nitrogens with one attached hydrogen (secondary N) is 2. The van der Waals surface area contributed by atoms with E-state index in [0.717, 1.165) is 16.9 Å². The van der Waals surface area contributed by atoms with Gasteiger partial charge in [0.1, 0.15) is 11.4 Å². The summed E-state index contributed by atoms with van der Waals surface area (Å²) in [7, 11) is 0. The molecule has 2 heterocycles. The van der Waals surface area contributed by atoms with Crippen molar-refractivity contribution in [3.8, 4) is 0 Å². The fourth-order valence-electron chi connectivity index (χ4n) is 1.92. The highest BCUT2D eigenvalue weighted by atomic mass is 16.6. The Balaban J connectivity index is 1.96. The molecule has 23 heavy (non-hydrogen) atoms. The van der Waals surface area contributed by atoms with Gasteiger partial charge in [0.2, 0.25) is 0 Å². The number of rotatable bonds is 4. The van der Waals surface area contributed by atoms with E-state index in [1.807, 2.05) is 45.9 Å². The molecule has 2 N–H and O–H groups in total. The van der Waals surface area contributed by atoms with Crippen molar-refractivity contribution in [3.05, 3.63) is 47.9 Å². The van der Waals surface area contributed by atoms with Gasteiger partial charge in [-0.2, -0.15) is 0 Å². The first-order valence-electron chi connectivity index (χ1n) is 7.44. The van der Waals surface area contributed by atoms with Gasteiger partial charge in [-0.1, -0.05) is 0 Å². The van der Waals surface area contributed by atoms with Crippen molar-refractivity contribution in [2.75, 3.05) is 10.6 Å². The monoisotopic (exact) mass is 314 g/mol. The molecule has 122 valence electrons. The standard InChI is InChI=1S/C17H22N4O2/c1-12-14(19-11-13-7-9-18-10-8-13)5-6-15(20-12)21-16(22)23-17(2,3)4/h5-10,19H,11H2,1-4H3,(H,20,21,22). The van der Waals surface area contributed by atoms with Crippen LogP contribution in [0, 0.1) is 6.92 Å². The number of aryl methyl sites for hydroxylation is 1. The second kappa shape index (κ2) is 7.09. The van der Waals surface area contributed by atoms with Crippen LogP contribution in [0.15, 0.2) is 36.7 Å². The summed E-state index contributed by atoms with van der Waals surface area (Å²) in [5, 5.41) is 5.95. The molecule has 0 aliphatic rings.